The predicted molar refractivity (Wildman–Crippen MR) is 83.3 cm³/mol. The molecule has 1 aromatic carbocycles. The molecule has 6 heteroatoms. The zero-order valence-corrected chi connectivity index (χ0v) is 13.1. The molecule has 3 nitrogen and oxygen atoms in total. The van der Waals surface area contributed by atoms with Crippen molar-refractivity contribution < 1.29 is 9.53 Å². The van der Waals surface area contributed by atoms with E-state index in [1.807, 2.05) is 31.2 Å². The van der Waals surface area contributed by atoms with Crippen molar-refractivity contribution >= 4 is 40.4 Å². The van der Waals surface area contributed by atoms with Crippen molar-refractivity contribution in [1.29, 1.82) is 0 Å². The van der Waals surface area contributed by atoms with Gasteiger partial charge in [0.2, 0.25) is 0 Å². The first-order chi connectivity index (χ1) is 9.56. The van der Waals surface area contributed by atoms with Gasteiger partial charge in [0.15, 0.2) is 0 Å². The molecule has 0 aliphatic heterocycles. The van der Waals surface area contributed by atoms with Gasteiger partial charge < -0.3 is 10.1 Å². The van der Waals surface area contributed by atoms with Crippen LogP contribution in [0.1, 0.15) is 15.9 Å². The van der Waals surface area contributed by atoms with E-state index in [9.17, 15) is 4.79 Å². The second kappa shape index (κ2) is 6.97. The third kappa shape index (κ3) is 4.13. The Balaban J connectivity index is 1.77. The maximum atomic E-state index is 11.8. The molecule has 0 saturated heterocycles. The standard InChI is InChI=1S/C14H13Cl2NO2S/c1-9-2-4-10(5-3-9)19-7-6-17-14(18)11-8-12(15)20-13(11)16/h2-5,8H,6-7H2,1H3,(H,17,18). The Labute approximate surface area is 131 Å². The Hall–Kier alpha value is -1.23. The van der Waals surface area contributed by atoms with Crippen molar-refractivity contribution in [2.24, 2.45) is 0 Å². The summed E-state index contributed by atoms with van der Waals surface area (Å²) in [4.78, 5) is 11.8. The molecule has 0 saturated carbocycles. The van der Waals surface area contributed by atoms with Gasteiger partial charge in [-0.05, 0) is 25.1 Å². The highest BCUT2D eigenvalue weighted by Gasteiger charge is 2.13. The Morgan fingerprint density at radius 1 is 1.30 bits per heavy atom. The number of benzene rings is 1. The lowest BCUT2D eigenvalue weighted by Gasteiger charge is -2.07. The van der Waals surface area contributed by atoms with Gasteiger partial charge in [-0.3, -0.25) is 4.79 Å². The second-order valence-electron chi connectivity index (χ2n) is 4.16. The summed E-state index contributed by atoms with van der Waals surface area (Å²) in [6, 6.07) is 9.30. The topological polar surface area (TPSA) is 38.3 Å². The molecular formula is C14H13Cl2NO2S. The first-order valence-electron chi connectivity index (χ1n) is 5.99. The van der Waals surface area contributed by atoms with Crippen LogP contribution in [-0.2, 0) is 0 Å². The molecule has 0 atom stereocenters. The molecule has 0 fully saturated rings. The SMILES string of the molecule is Cc1ccc(OCCNC(=O)c2cc(Cl)sc2Cl)cc1. The molecule has 1 aromatic heterocycles. The molecule has 0 radical (unpaired) electrons. The normalized spacial score (nSPS) is 10.3. The zero-order valence-electron chi connectivity index (χ0n) is 10.8. The summed E-state index contributed by atoms with van der Waals surface area (Å²) in [6.07, 6.45) is 0. The van der Waals surface area contributed by atoms with Crippen LogP contribution in [0, 0.1) is 6.92 Å². The third-order valence-electron chi connectivity index (χ3n) is 2.58. The van der Waals surface area contributed by atoms with Crippen LogP contribution in [0.4, 0.5) is 0 Å². The van der Waals surface area contributed by atoms with Gasteiger partial charge in [0.1, 0.15) is 16.7 Å². The van der Waals surface area contributed by atoms with Crippen LogP contribution in [0.3, 0.4) is 0 Å². The van der Waals surface area contributed by atoms with Gasteiger partial charge in [0.25, 0.3) is 5.91 Å². The van der Waals surface area contributed by atoms with E-state index in [1.165, 1.54) is 16.9 Å². The van der Waals surface area contributed by atoms with Crippen LogP contribution in [0.5, 0.6) is 5.75 Å². The lowest BCUT2D eigenvalue weighted by molar-refractivity contribution is 0.0947. The number of hydrogen-bond acceptors (Lipinski definition) is 3. The highest BCUT2D eigenvalue weighted by molar-refractivity contribution is 7.20. The number of aryl methyl sites for hydroxylation is 1. The number of hydrogen-bond donors (Lipinski definition) is 1. The van der Waals surface area contributed by atoms with E-state index in [0.717, 1.165) is 5.75 Å². The number of carbonyl (C=O) groups is 1. The molecule has 1 heterocycles. The van der Waals surface area contributed by atoms with Gasteiger partial charge in [-0.25, -0.2) is 0 Å². The summed E-state index contributed by atoms with van der Waals surface area (Å²) >= 11 is 12.9. The molecule has 20 heavy (non-hydrogen) atoms. The van der Waals surface area contributed by atoms with Crippen LogP contribution < -0.4 is 10.1 Å². The van der Waals surface area contributed by atoms with E-state index >= 15 is 0 Å². The molecule has 1 amide bonds. The summed E-state index contributed by atoms with van der Waals surface area (Å²) in [5.74, 6) is 0.534. The molecule has 106 valence electrons. The molecule has 0 aliphatic rings. The predicted octanol–water partition coefficient (Wildman–Crippen LogP) is 4.17. The van der Waals surface area contributed by atoms with Gasteiger partial charge in [0.05, 0.1) is 16.4 Å². The van der Waals surface area contributed by atoms with Gasteiger partial charge in [-0.2, -0.15) is 0 Å². The number of ether oxygens (including phenoxy) is 1. The number of rotatable bonds is 5. The maximum Gasteiger partial charge on any atom is 0.253 e. The fraction of sp³-hybridized carbons (Fsp3) is 0.214. The largest absolute Gasteiger partial charge is 0.492 e. The van der Waals surface area contributed by atoms with Crippen LogP contribution in [0.25, 0.3) is 0 Å². The Morgan fingerprint density at radius 2 is 2.00 bits per heavy atom. The molecular weight excluding hydrogens is 317 g/mol. The summed E-state index contributed by atoms with van der Waals surface area (Å²) < 4.78 is 6.40. The fourth-order valence-corrected chi connectivity index (χ4v) is 3.02. The summed E-state index contributed by atoms with van der Waals surface area (Å²) in [6.45, 7) is 2.81. The van der Waals surface area contributed by atoms with Gasteiger partial charge in [-0.15, -0.1) is 11.3 Å². The minimum absolute atomic E-state index is 0.245. The highest BCUT2D eigenvalue weighted by atomic mass is 35.5. The maximum absolute atomic E-state index is 11.8. The van der Waals surface area contributed by atoms with E-state index < -0.39 is 0 Å². The molecule has 0 aliphatic carbocycles. The summed E-state index contributed by atoms with van der Waals surface area (Å²) in [5, 5.41) is 2.73. The summed E-state index contributed by atoms with van der Waals surface area (Å²) in [5.41, 5.74) is 1.58. The molecule has 2 rings (SSSR count). The van der Waals surface area contributed by atoms with Gasteiger partial charge >= 0.3 is 0 Å². The number of nitrogens with one attached hydrogen (secondary N) is 1. The summed E-state index contributed by atoms with van der Waals surface area (Å²) in [7, 11) is 0. The molecule has 0 bridgehead atoms. The number of amides is 1. The first kappa shape index (κ1) is 15.2. The van der Waals surface area contributed by atoms with E-state index in [4.69, 9.17) is 27.9 Å². The Bertz CT molecular complexity index is 596. The minimum Gasteiger partial charge on any atom is -0.492 e. The van der Waals surface area contributed by atoms with Gasteiger partial charge in [-0.1, -0.05) is 40.9 Å². The Kier molecular flexibility index (Phi) is 5.29. The monoisotopic (exact) mass is 329 g/mol. The quantitative estimate of drug-likeness (QED) is 0.836. The van der Waals surface area contributed by atoms with Gasteiger partial charge in [0, 0.05) is 0 Å². The Morgan fingerprint density at radius 3 is 2.60 bits per heavy atom. The van der Waals surface area contributed by atoms with Crippen LogP contribution in [0.15, 0.2) is 30.3 Å². The zero-order chi connectivity index (χ0) is 14.5. The van der Waals surface area contributed by atoms with Crippen molar-refractivity contribution in [2.75, 3.05) is 13.2 Å². The fourth-order valence-electron chi connectivity index (χ4n) is 1.56. The molecule has 0 unspecified atom stereocenters. The molecule has 1 N–H and O–H groups in total. The minimum atomic E-state index is -0.245. The average molecular weight is 330 g/mol. The number of halogens is 2. The van der Waals surface area contributed by atoms with Crippen LogP contribution in [-0.4, -0.2) is 19.1 Å². The van der Waals surface area contributed by atoms with Crippen molar-refractivity contribution in [3.63, 3.8) is 0 Å². The highest BCUT2D eigenvalue weighted by Crippen LogP contribution is 2.30. The van der Waals surface area contributed by atoms with Crippen molar-refractivity contribution in [1.82, 2.24) is 5.32 Å². The van der Waals surface area contributed by atoms with E-state index in [1.54, 1.807) is 6.07 Å². The van der Waals surface area contributed by atoms with Crippen LogP contribution >= 0.6 is 34.5 Å². The number of thiophene rings is 1. The lowest BCUT2D eigenvalue weighted by atomic mass is 10.2. The van der Waals surface area contributed by atoms with Crippen molar-refractivity contribution in [3.8, 4) is 5.75 Å². The second-order valence-corrected chi connectivity index (χ2v) is 6.44. The van der Waals surface area contributed by atoms with E-state index in [-0.39, 0.29) is 5.91 Å². The smallest absolute Gasteiger partial charge is 0.253 e. The molecule has 2 aromatic rings. The van der Waals surface area contributed by atoms with E-state index in [2.05, 4.69) is 5.32 Å². The lowest BCUT2D eigenvalue weighted by Crippen LogP contribution is -2.27. The number of carbonyl (C=O) groups excluding carboxylic acids is 1. The van der Waals surface area contributed by atoms with Crippen molar-refractivity contribution in [3.05, 3.63) is 50.1 Å². The average Bonchev–Trinajstić information content (AvgIpc) is 2.75. The third-order valence-corrected chi connectivity index (χ3v) is 4.07. The van der Waals surface area contributed by atoms with E-state index in [0.29, 0.717) is 27.4 Å². The molecule has 0 spiro atoms. The first-order valence-corrected chi connectivity index (χ1v) is 7.56. The van der Waals surface area contributed by atoms with Crippen molar-refractivity contribution in [2.45, 2.75) is 6.92 Å². The van der Waals surface area contributed by atoms with Crippen LogP contribution in [0.2, 0.25) is 8.67 Å².